The molecule has 0 spiro atoms. The monoisotopic (exact) mass is 420 g/mol. The van der Waals surface area contributed by atoms with Crippen LogP contribution in [0.4, 0.5) is 13.2 Å². The van der Waals surface area contributed by atoms with Gasteiger partial charge >= 0.3 is 6.18 Å². The number of halogens is 3. The van der Waals surface area contributed by atoms with Crippen LogP contribution in [0.5, 0.6) is 5.75 Å². The Hall–Kier alpha value is -2.97. The smallest absolute Gasteiger partial charge is 0.435 e. The maximum absolute atomic E-state index is 13.3. The Labute approximate surface area is 171 Å². The summed E-state index contributed by atoms with van der Waals surface area (Å²) >= 11 is 0. The number of amides is 1. The van der Waals surface area contributed by atoms with Crippen LogP contribution in [0, 0.1) is 0 Å². The van der Waals surface area contributed by atoms with Crippen molar-refractivity contribution < 1.29 is 22.7 Å². The number of alkyl halides is 3. The molecule has 1 saturated carbocycles. The largest absolute Gasteiger partial charge is 0.497 e. The Morgan fingerprint density at radius 2 is 2.03 bits per heavy atom. The fourth-order valence-electron chi connectivity index (χ4n) is 4.02. The van der Waals surface area contributed by atoms with Crippen molar-refractivity contribution in [3.8, 4) is 5.75 Å². The quantitative estimate of drug-likeness (QED) is 0.640. The molecule has 3 aromatic rings. The van der Waals surface area contributed by atoms with Gasteiger partial charge in [0.2, 0.25) is 0 Å². The number of carbonyl (C=O) groups excluding carboxylic acids is 1. The topological polar surface area (TPSA) is 63.1 Å². The van der Waals surface area contributed by atoms with Gasteiger partial charge in [0.15, 0.2) is 5.69 Å². The molecule has 160 valence electrons. The molecule has 1 amide bonds. The SMILES string of the molecule is COc1ccc2cc(C(=O)N(CCn3ccc(C(F)(F)F)n3)C3CCCC3)[nH]c2c1. The number of hydrogen-bond acceptors (Lipinski definition) is 3. The number of nitrogens with zero attached hydrogens (tertiary/aromatic N) is 3. The van der Waals surface area contributed by atoms with Crippen LogP contribution in [-0.4, -0.2) is 45.3 Å². The Morgan fingerprint density at radius 3 is 2.70 bits per heavy atom. The van der Waals surface area contributed by atoms with E-state index in [2.05, 4.69) is 10.1 Å². The van der Waals surface area contributed by atoms with Gasteiger partial charge in [-0.1, -0.05) is 12.8 Å². The lowest BCUT2D eigenvalue weighted by atomic mass is 10.2. The van der Waals surface area contributed by atoms with Crippen LogP contribution in [0.1, 0.15) is 41.9 Å². The fraction of sp³-hybridized carbons (Fsp3) is 0.429. The van der Waals surface area contributed by atoms with Gasteiger partial charge < -0.3 is 14.6 Å². The number of carbonyl (C=O) groups is 1. The minimum atomic E-state index is -4.47. The molecule has 1 N–H and O–H groups in total. The average Bonchev–Trinajstić information content (AvgIpc) is 3.46. The molecule has 0 atom stereocenters. The van der Waals surface area contributed by atoms with E-state index < -0.39 is 11.9 Å². The van der Waals surface area contributed by atoms with E-state index in [4.69, 9.17) is 4.74 Å². The van der Waals surface area contributed by atoms with Gasteiger partial charge in [0.05, 0.1) is 13.7 Å². The van der Waals surface area contributed by atoms with Gasteiger partial charge in [0, 0.05) is 35.8 Å². The Balaban J connectivity index is 1.54. The molecule has 30 heavy (non-hydrogen) atoms. The number of ether oxygens (including phenoxy) is 1. The van der Waals surface area contributed by atoms with Crippen molar-refractivity contribution in [3.63, 3.8) is 0 Å². The first-order valence-electron chi connectivity index (χ1n) is 9.93. The lowest BCUT2D eigenvalue weighted by molar-refractivity contribution is -0.141. The number of benzene rings is 1. The van der Waals surface area contributed by atoms with Crippen molar-refractivity contribution >= 4 is 16.8 Å². The van der Waals surface area contributed by atoms with Crippen LogP contribution in [0.3, 0.4) is 0 Å². The van der Waals surface area contributed by atoms with Crippen molar-refractivity contribution in [2.75, 3.05) is 13.7 Å². The second kappa shape index (κ2) is 8.04. The fourth-order valence-corrected chi connectivity index (χ4v) is 4.02. The molecule has 0 radical (unpaired) electrons. The van der Waals surface area contributed by atoms with E-state index in [1.807, 2.05) is 18.2 Å². The average molecular weight is 420 g/mol. The predicted octanol–water partition coefficient (Wildman–Crippen LogP) is 4.48. The first-order valence-corrected chi connectivity index (χ1v) is 9.93. The number of fused-ring (bicyclic) bond motifs is 1. The normalized spacial score (nSPS) is 15.1. The van der Waals surface area contributed by atoms with Crippen LogP contribution < -0.4 is 4.74 Å². The molecule has 0 unspecified atom stereocenters. The summed E-state index contributed by atoms with van der Waals surface area (Å²) in [5.74, 6) is 0.537. The van der Waals surface area contributed by atoms with Crippen molar-refractivity contribution in [2.45, 2.75) is 44.4 Å². The van der Waals surface area contributed by atoms with Gasteiger partial charge in [0.25, 0.3) is 5.91 Å². The lowest BCUT2D eigenvalue weighted by Gasteiger charge is -2.28. The van der Waals surface area contributed by atoms with Crippen LogP contribution >= 0.6 is 0 Å². The summed E-state index contributed by atoms with van der Waals surface area (Å²) in [7, 11) is 1.58. The van der Waals surface area contributed by atoms with E-state index in [9.17, 15) is 18.0 Å². The van der Waals surface area contributed by atoms with E-state index in [1.165, 1.54) is 10.9 Å². The first-order chi connectivity index (χ1) is 14.3. The number of nitrogens with one attached hydrogen (secondary N) is 1. The summed E-state index contributed by atoms with van der Waals surface area (Å²) in [5, 5.41) is 4.49. The maximum Gasteiger partial charge on any atom is 0.435 e. The van der Waals surface area contributed by atoms with Gasteiger partial charge in [-0.25, -0.2) is 0 Å². The molecule has 1 fully saturated rings. The molecule has 0 aliphatic heterocycles. The zero-order valence-corrected chi connectivity index (χ0v) is 16.6. The molecule has 0 saturated heterocycles. The molecule has 2 aromatic heterocycles. The highest BCUT2D eigenvalue weighted by Gasteiger charge is 2.34. The molecule has 4 rings (SSSR count). The third kappa shape index (κ3) is 4.15. The number of H-pyrrole nitrogens is 1. The van der Waals surface area contributed by atoms with Crippen molar-refractivity contribution in [3.05, 3.63) is 47.9 Å². The summed E-state index contributed by atoms with van der Waals surface area (Å²) in [6.45, 7) is 0.494. The Morgan fingerprint density at radius 1 is 1.27 bits per heavy atom. The summed E-state index contributed by atoms with van der Waals surface area (Å²) in [6, 6.07) is 8.37. The van der Waals surface area contributed by atoms with E-state index in [0.717, 1.165) is 42.7 Å². The highest BCUT2D eigenvalue weighted by molar-refractivity contribution is 5.98. The van der Waals surface area contributed by atoms with E-state index in [-0.39, 0.29) is 18.5 Å². The third-order valence-electron chi connectivity index (χ3n) is 5.59. The van der Waals surface area contributed by atoms with E-state index in [0.29, 0.717) is 18.0 Å². The minimum absolute atomic E-state index is 0.0797. The molecule has 1 aliphatic carbocycles. The second-order valence-electron chi connectivity index (χ2n) is 7.53. The van der Waals surface area contributed by atoms with Gasteiger partial charge in [0.1, 0.15) is 11.4 Å². The lowest BCUT2D eigenvalue weighted by Crippen LogP contribution is -2.41. The molecule has 1 aromatic carbocycles. The summed E-state index contributed by atoms with van der Waals surface area (Å²) in [4.78, 5) is 18.2. The third-order valence-corrected chi connectivity index (χ3v) is 5.59. The Bertz CT molecular complexity index is 1030. The number of hydrogen-bond donors (Lipinski definition) is 1. The molecular weight excluding hydrogens is 397 g/mol. The number of aromatic amines is 1. The molecule has 6 nitrogen and oxygen atoms in total. The summed E-state index contributed by atoms with van der Waals surface area (Å²) in [6.07, 6.45) is 0.697. The van der Waals surface area contributed by atoms with Crippen LogP contribution in [0.2, 0.25) is 0 Å². The summed E-state index contributed by atoms with van der Waals surface area (Å²) in [5.41, 5.74) is 0.332. The maximum atomic E-state index is 13.3. The zero-order valence-electron chi connectivity index (χ0n) is 16.6. The standard InChI is InChI=1S/C21H23F3N4O2/c1-30-16-7-6-14-12-18(25-17(14)13-16)20(29)28(15-4-2-3-5-15)11-10-27-9-8-19(26-27)21(22,23)24/h6-9,12-13,15,25H,2-5,10-11H2,1H3. The minimum Gasteiger partial charge on any atom is -0.497 e. The first kappa shape index (κ1) is 20.3. The van der Waals surface area contributed by atoms with E-state index in [1.54, 1.807) is 18.1 Å². The van der Waals surface area contributed by atoms with E-state index >= 15 is 0 Å². The highest BCUT2D eigenvalue weighted by atomic mass is 19.4. The van der Waals surface area contributed by atoms with Gasteiger partial charge in [-0.05, 0) is 37.1 Å². The molecular formula is C21H23F3N4O2. The Kier molecular flexibility index (Phi) is 5.44. The van der Waals surface area contributed by atoms with Crippen LogP contribution in [0.25, 0.3) is 10.9 Å². The number of rotatable bonds is 6. The zero-order chi connectivity index (χ0) is 21.3. The van der Waals surface area contributed by atoms with Crippen molar-refractivity contribution in [1.29, 1.82) is 0 Å². The predicted molar refractivity (Wildman–Crippen MR) is 105 cm³/mol. The van der Waals surface area contributed by atoms with Crippen molar-refractivity contribution in [1.82, 2.24) is 19.7 Å². The molecule has 1 aliphatic rings. The number of methoxy groups -OCH3 is 1. The van der Waals surface area contributed by atoms with Crippen LogP contribution in [0.15, 0.2) is 36.5 Å². The molecule has 9 heteroatoms. The van der Waals surface area contributed by atoms with Gasteiger partial charge in [-0.2, -0.15) is 18.3 Å². The summed E-state index contributed by atoms with van der Waals surface area (Å²) < 4.78 is 44.9. The highest BCUT2D eigenvalue weighted by Crippen LogP contribution is 2.28. The molecule has 2 heterocycles. The van der Waals surface area contributed by atoms with Gasteiger partial charge in [-0.3, -0.25) is 9.48 Å². The van der Waals surface area contributed by atoms with Crippen LogP contribution in [-0.2, 0) is 12.7 Å². The second-order valence-corrected chi connectivity index (χ2v) is 7.53. The number of aromatic nitrogens is 3. The molecule has 0 bridgehead atoms. The van der Waals surface area contributed by atoms with Crippen molar-refractivity contribution in [2.24, 2.45) is 0 Å². The van der Waals surface area contributed by atoms with Gasteiger partial charge in [-0.15, -0.1) is 0 Å².